The number of ether oxygens (including phenoxy) is 3. The summed E-state index contributed by atoms with van der Waals surface area (Å²) in [6, 6.07) is 14.9. The minimum absolute atomic E-state index is 0.156. The first-order valence-corrected chi connectivity index (χ1v) is 9.04. The first-order chi connectivity index (χ1) is 14.0. The van der Waals surface area contributed by atoms with Crippen molar-refractivity contribution >= 4 is 23.5 Å². The van der Waals surface area contributed by atoms with Gasteiger partial charge in [-0.2, -0.15) is 0 Å². The Hall–Kier alpha value is -3.32. The van der Waals surface area contributed by atoms with E-state index in [9.17, 15) is 19.2 Å². The Bertz CT molecular complexity index is 976. The largest absolute Gasteiger partial charge is 0.469 e. The predicted molar refractivity (Wildman–Crippen MR) is 99.1 cm³/mol. The molecule has 1 spiro atoms. The summed E-state index contributed by atoms with van der Waals surface area (Å²) in [6.45, 7) is 0. The molecule has 0 bridgehead atoms. The zero-order chi connectivity index (χ0) is 20.8. The zero-order valence-electron chi connectivity index (χ0n) is 15.8. The van der Waals surface area contributed by atoms with Crippen molar-refractivity contribution in [3.05, 3.63) is 71.3 Å². The van der Waals surface area contributed by atoms with Crippen LogP contribution in [0.5, 0.6) is 0 Å². The number of ketones is 2. The van der Waals surface area contributed by atoms with Crippen molar-refractivity contribution in [2.45, 2.75) is 11.7 Å². The Morgan fingerprint density at radius 1 is 0.828 bits per heavy atom. The first kappa shape index (κ1) is 19.0. The third-order valence-corrected chi connectivity index (χ3v) is 5.58. The summed E-state index contributed by atoms with van der Waals surface area (Å²) in [4.78, 5) is 52.3. The summed E-state index contributed by atoms with van der Waals surface area (Å²) in [6.07, 6.45) is -1.03. The lowest BCUT2D eigenvalue weighted by Gasteiger charge is -2.26. The van der Waals surface area contributed by atoms with Crippen LogP contribution in [0.15, 0.2) is 54.6 Å². The summed E-state index contributed by atoms with van der Waals surface area (Å²) in [5.74, 6) is -5.65. The lowest BCUT2D eigenvalue weighted by molar-refractivity contribution is -0.157. The van der Waals surface area contributed by atoms with Crippen molar-refractivity contribution in [1.82, 2.24) is 0 Å². The van der Waals surface area contributed by atoms with E-state index >= 15 is 0 Å². The SMILES string of the molecule is COC(=O)[C@@H]1[C@@H](c2ccccc2)OC2(C(=O)c3ccccc3C2=O)[C@H]1C(=O)OC. The van der Waals surface area contributed by atoms with Gasteiger partial charge in [-0.05, 0) is 5.56 Å². The fraction of sp³-hybridized carbons (Fsp3) is 0.273. The smallest absolute Gasteiger partial charge is 0.313 e. The van der Waals surface area contributed by atoms with Crippen molar-refractivity contribution in [1.29, 1.82) is 0 Å². The summed E-state index contributed by atoms with van der Waals surface area (Å²) in [7, 11) is 2.31. The average Bonchev–Trinajstić information content (AvgIpc) is 3.23. The monoisotopic (exact) mass is 394 g/mol. The van der Waals surface area contributed by atoms with Gasteiger partial charge in [-0.3, -0.25) is 19.2 Å². The molecule has 0 amide bonds. The highest BCUT2D eigenvalue weighted by atomic mass is 16.6. The standard InChI is InChI=1S/C22H18O7/c1-27-20(25)15-16(21(26)28-2)22(29-17(15)12-8-4-3-5-9-12)18(23)13-10-6-7-11-14(13)19(22)24/h3-11,15-17H,1-2H3/t15-,16+,17+/m0/s1. The van der Waals surface area contributed by atoms with E-state index in [2.05, 4.69) is 0 Å². The molecule has 3 atom stereocenters. The van der Waals surface area contributed by atoms with Crippen LogP contribution >= 0.6 is 0 Å². The molecule has 0 unspecified atom stereocenters. The highest BCUT2D eigenvalue weighted by molar-refractivity contribution is 6.34. The number of rotatable bonds is 3. The molecule has 7 nitrogen and oxygen atoms in total. The van der Waals surface area contributed by atoms with Gasteiger partial charge in [-0.1, -0.05) is 54.6 Å². The van der Waals surface area contributed by atoms with Gasteiger partial charge in [0.15, 0.2) is 0 Å². The van der Waals surface area contributed by atoms with Crippen LogP contribution < -0.4 is 0 Å². The van der Waals surface area contributed by atoms with Crippen LogP contribution in [0.4, 0.5) is 0 Å². The first-order valence-electron chi connectivity index (χ1n) is 9.04. The highest BCUT2D eigenvalue weighted by Gasteiger charge is 2.71. The number of fused-ring (bicyclic) bond motifs is 1. The summed E-state index contributed by atoms with van der Waals surface area (Å²) >= 11 is 0. The quantitative estimate of drug-likeness (QED) is 0.581. The van der Waals surface area contributed by atoms with Crippen LogP contribution in [0.25, 0.3) is 0 Å². The second-order valence-corrected chi connectivity index (χ2v) is 6.94. The summed E-state index contributed by atoms with van der Waals surface area (Å²) in [5, 5.41) is 0. The molecule has 1 aliphatic carbocycles. The van der Waals surface area contributed by atoms with Gasteiger partial charge in [0, 0.05) is 11.1 Å². The van der Waals surface area contributed by atoms with Gasteiger partial charge >= 0.3 is 11.9 Å². The lowest BCUT2D eigenvalue weighted by atomic mass is 9.75. The molecule has 1 fully saturated rings. The van der Waals surface area contributed by atoms with Crippen molar-refractivity contribution in [3.63, 3.8) is 0 Å². The molecule has 29 heavy (non-hydrogen) atoms. The maximum Gasteiger partial charge on any atom is 0.313 e. The summed E-state index contributed by atoms with van der Waals surface area (Å²) < 4.78 is 15.9. The van der Waals surface area contributed by atoms with Gasteiger partial charge in [-0.25, -0.2) is 0 Å². The van der Waals surface area contributed by atoms with Gasteiger partial charge in [0.2, 0.25) is 17.2 Å². The van der Waals surface area contributed by atoms with Gasteiger partial charge in [-0.15, -0.1) is 0 Å². The van der Waals surface area contributed by atoms with E-state index in [0.29, 0.717) is 5.56 Å². The van der Waals surface area contributed by atoms with Crippen LogP contribution in [-0.2, 0) is 23.8 Å². The Balaban J connectivity index is 1.94. The molecule has 1 aliphatic heterocycles. The molecular weight excluding hydrogens is 376 g/mol. The van der Waals surface area contributed by atoms with E-state index in [-0.39, 0.29) is 11.1 Å². The number of benzene rings is 2. The van der Waals surface area contributed by atoms with Gasteiger partial charge in [0.25, 0.3) is 0 Å². The fourth-order valence-corrected chi connectivity index (χ4v) is 4.30. The Kier molecular flexibility index (Phi) is 4.55. The Morgan fingerprint density at radius 2 is 1.34 bits per heavy atom. The van der Waals surface area contributed by atoms with Crippen molar-refractivity contribution < 1.29 is 33.4 Å². The van der Waals surface area contributed by atoms with Crippen molar-refractivity contribution in [2.24, 2.45) is 11.8 Å². The van der Waals surface area contributed by atoms with E-state index in [1.54, 1.807) is 42.5 Å². The number of hydrogen-bond donors (Lipinski definition) is 0. The zero-order valence-corrected chi connectivity index (χ0v) is 15.8. The number of carbonyl (C=O) groups is 4. The normalized spacial score (nSPS) is 24.4. The van der Waals surface area contributed by atoms with Crippen LogP contribution in [-0.4, -0.2) is 43.3 Å². The second-order valence-electron chi connectivity index (χ2n) is 6.94. The van der Waals surface area contributed by atoms with E-state index in [1.807, 2.05) is 0 Å². The maximum atomic E-state index is 13.4. The third-order valence-electron chi connectivity index (χ3n) is 5.58. The Labute approximate surface area is 166 Å². The molecule has 1 saturated heterocycles. The average molecular weight is 394 g/mol. The fourth-order valence-electron chi connectivity index (χ4n) is 4.30. The van der Waals surface area contributed by atoms with Crippen molar-refractivity contribution in [2.75, 3.05) is 14.2 Å². The molecule has 2 aromatic rings. The topological polar surface area (TPSA) is 96.0 Å². The summed E-state index contributed by atoms with van der Waals surface area (Å²) in [5.41, 5.74) is -1.31. The number of carbonyl (C=O) groups excluding carboxylic acids is 4. The minimum Gasteiger partial charge on any atom is -0.469 e. The molecule has 1 heterocycles. The predicted octanol–water partition coefficient (Wildman–Crippen LogP) is 2.15. The molecule has 4 rings (SSSR count). The number of Topliss-reactive ketones (excluding diaryl/α,β-unsaturated/α-hetero) is 2. The molecular formula is C22H18O7. The third kappa shape index (κ3) is 2.54. The van der Waals surface area contributed by atoms with Crippen LogP contribution in [0.1, 0.15) is 32.4 Å². The van der Waals surface area contributed by atoms with E-state index in [4.69, 9.17) is 14.2 Å². The maximum absolute atomic E-state index is 13.4. The van der Waals surface area contributed by atoms with E-state index in [1.165, 1.54) is 19.2 Å². The van der Waals surface area contributed by atoms with E-state index in [0.717, 1.165) is 7.11 Å². The molecule has 2 aromatic carbocycles. The molecule has 0 N–H and O–H groups in total. The van der Waals surface area contributed by atoms with Gasteiger partial charge in [0.1, 0.15) is 11.8 Å². The molecule has 2 aliphatic rings. The molecule has 148 valence electrons. The van der Waals surface area contributed by atoms with Crippen LogP contribution in [0.3, 0.4) is 0 Å². The molecule has 0 saturated carbocycles. The number of methoxy groups -OCH3 is 2. The second kappa shape index (κ2) is 6.93. The lowest BCUT2D eigenvalue weighted by Crippen LogP contribution is -2.52. The van der Waals surface area contributed by atoms with Crippen LogP contribution in [0, 0.1) is 11.8 Å². The van der Waals surface area contributed by atoms with Gasteiger partial charge < -0.3 is 14.2 Å². The number of esters is 2. The van der Waals surface area contributed by atoms with Crippen molar-refractivity contribution in [3.8, 4) is 0 Å². The molecule has 0 aromatic heterocycles. The van der Waals surface area contributed by atoms with Gasteiger partial charge in [0.05, 0.1) is 20.3 Å². The highest BCUT2D eigenvalue weighted by Crippen LogP contribution is 2.54. The number of hydrogen-bond acceptors (Lipinski definition) is 7. The van der Waals surface area contributed by atoms with Crippen LogP contribution in [0.2, 0.25) is 0 Å². The minimum atomic E-state index is -2.17. The molecule has 7 heteroatoms. The molecule has 0 radical (unpaired) electrons. The van der Waals surface area contributed by atoms with E-state index < -0.39 is 47.0 Å². The Morgan fingerprint density at radius 3 is 1.86 bits per heavy atom.